The van der Waals surface area contributed by atoms with Gasteiger partial charge < -0.3 is 19.3 Å². The number of piperidine rings is 1. The average molecular weight is 505 g/mol. The number of fused-ring (bicyclic) bond motifs is 1. The highest BCUT2D eigenvalue weighted by atomic mass is 28.3. The second-order valence-electron chi connectivity index (χ2n) is 10.4. The van der Waals surface area contributed by atoms with Gasteiger partial charge in [-0.15, -0.1) is 0 Å². The molecule has 2 aliphatic rings. The van der Waals surface area contributed by atoms with Gasteiger partial charge in [0, 0.05) is 45.8 Å². The number of benzene rings is 1. The highest BCUT2D eigenvalue weighted by Gasteiger charge is 2.36. The quantitative estimate of drug-likeness (QED) is 0.446. The monoisotopic (exact) mass is 504 g/mol. The van der Waals surface area contributed by atoms with E-state index in [2.05, 4.69) is 19.6 Å². The van der Waals surface area contributed by atoms with Gasteiger partial charge in [-0.3, -0.25) is 9.69 Å². The maximum absolute atomic E-state index is 14.9. The molecule has 3 heterocycles. The molecule has 9 nitrogen and oxygen atoms in total. The molecule has 35 heavy (non-hydrogen) atoms. The van der Waals surface area contributed by atoms with E-state index in [1.807, 2.05) is 28.8 Å². The van der Waals surface area contributed by atoms with Crippen LogP contribution in [-0.4, -0.2) is 84.7 Å². The highest BCUT2D eigenvalue weighted by molar-refractivity contribution is 6.76. The summed E-state index contributed by atoms with van der Waals surface area (Å²) in [6, 6.07) is 7.38. The largest absolute Gasteiger partial charge is 0.465 e. The first-order valence-electron chi connectivity index (χ1n) is 12.0. The topological polar surface area (TPSA) is 95.3 Å². The molecule has 0 radical (unpaired) electrons. The zero-order chi connectivity index (χ0) is 25.3. The summed E-state index contributed by atoms with van der Waals surface area (Å²) in [4.78, 5) is 40.8. The van der Waals surface area contributed by atoms with Crippen LogP contribution in [0.1, 0.15) is 18.9 Å². The minimum absolute atomic E-state index is 0.0681. The number of alkyl halides is 1. The Kier molecular flexibility index (Phi) is 7.18. The van der Waals surface area contributed by atoms with Crippen molar-refractivity contribution in [3.63, 3.8) is 0 Å². The Morgan fingerprint density at radius 1 is 1.20 bits per heavy atom. The van der Waals surface area contributed by atoms with E-state index in [4.69, 9.17) is 4.74 Å². The molecular weight excluding hydrogens is 471 g/mol. The Morgan fingerprint density at radius 3 is 2.66 bits per heavy atom. The summed E-state index contributed by atoms with van der Waals surface area (Å²) in [7, 11) is -1.29. The molecular formula is C24H33FN4O5Si. The van der Waals surface area contributed by atoms with Gasteiger partial charge in [-0.2, -0.15) is 0 Å². The molecule has 0 spiro atoms. The number of urea groups is 1. The van der Waals surface area contributed by atoms with Gasteiger partial charge in [-0.1, -0.05) is 25.7 Å². The third-order valence-electron chi connectivity index (χ3n) is 6.69. The minimum atomic E-state index is -1.34. The lowest BCUT2D eigenvalue weighted by atomic mass is 10.0. The first-order chi connectivity index (χ1) is 16.6. The molecule has 2 aromatic rings. The van der Waals surface area contributed by atoms with Crippen molar-refractivity contribution >= 4 is 42.7 Å². The number of imide groups is 1. The number of hydrogen-bond acceptors (Lipinski definition) is 4. The molecule has 2 fully saturated rings. The lowest BCUT2D eigenvalue weighted by molar-refractivity contribution is -0.133. The van der Waals surface area contributed by atoms with Crippen molar-refractivity contribution in [1.82, 2.24) is 14.4 Å². The number of carboxylic acid groups (broad SMARTS) is 1. The number of rotatable bonds is 7. The Morgan fingerprint density at radius 2 is 1.97 bits per heavy atom. The fourth-order valence-corrected chi connectivity index (χ4v) is 5.41. The SMILES string of the molecule is C[Si](C)(C)CCOCN1C(=O)CCN(c2cccc3c2ccn3C2CCN(C(=O)O)CC2F)C1=O. The third kappa shape index (κ3) is 5.35. The molecule has 1 aromatic heterocycles. The van der Waals surface area contributed by atoms with Gasteiger partial charge in [-0.05, 0) is 30.7 Å². The summed E-state index contributed by atoms with van der Waals surface area (Å²) in [6.45, 7) is 7.51. The summed E-state index contributed by atoms with van der Waals surface area (Å²) in [6.07, 6.45) is -0.102. The van der Waals surface area contributed by atoms with Gasteiger partial charge in [0.15, 0.2) is 0 Å². The Labute approximate surface area is 205 Å². The zero-order valence-electron chi connectivity index (χ0n) is 20.4. The molecule has 0 saturated carbocycles. The summed E-state index contributed by atoms with van der Waals surface area (Å²) in [5.74, 6) is -0.255. The molecule has 2 unspecified atom stereocenters. The lowest BCUT2D eigenvalue weighted by Gasteiger charge is -2.35. The van der Waals surface area contributed by atoms with Crippen LogP contribution in [-0.2, 0) is 9.53 Å². The number of hydrogen-bond donors (Lipinski definition) is 1. The number of halogens is 1. The van der Waals surface area contributed by atoms with Crippen molar-refractivity contribution < 1.29 is 28.6 Å². The molecule has 11 heteroatoms. The van der Waals surface area contributed by atoms with Crippen LogP contribution in [0.2, 0.25) is 25.7 Å². The number of amides is 4. The second-order valence-corrected chi connectivity index (χ2v) is 16.0. The molecule has 0 bridgehead atoms. The number of carbonyl (C=O) groups is 3. The number of likely N-dealkylation sites (tertiary alicyclic amines) is 1. The normalized spacial score (nSPS) is 21.8. The minimum Gasteiger partial charge on any atom is -0.465 e. The van der Waals surface area contributed by atoms with Crippen molar-refractivity contribution in [1.29, 1.82) is 0 Å². The Bertz CT molecular complexity index is 1120. The number of anilines is 1. The number of aromatic nitrogens is 1. The van der Waals surface area contributed by atoms with Crippen molar-refractivity contribution in [2.24, 2.45) is 0 Å². The van der Waals surface area contributed by atoms with Gasteiger partial charge in [0.2, 0.25) is 5.91 Å². The number of nitrogens with zero attached hydrogens (tertiary/aromatic N) is 4. The van der Waals surface area contributed by atoms with E-state index in [-0.39, 0.29) is 38.7 Å². The smallest absolute Gasteiger partial charge is 0.407 e. The summed E-state index contributed by atoms with van der Waals surface area (Å²) < 4.78 is 22.5. The maximum atomic E-state index is 14.9. The van der Waals surface area contributed by atoms with E-state index in [0.29, 0.717) is 18.7 Å². The van der Waals surface area contributed by atoms with Crippen LogP contribution in [0.25, 0.3) is 10.9 Å². The average Bonchev–Trinajstić information content (AvgIpc) is 3.22. The van der Waals surface area contributed by atoms with E-state index in [1.54, 1.807) is 11.1 Å². The van der Waals surface area contributed by atoms with E-state index in [0.717, 1.165) is 26.7 Å². The van der Waals surface area contributed by atoms with Crippen LogP contribution in [0, 0.1) is 0 Å². The molecule has 2 saturated heterocycles. The number of ether oxygens (including phenoxy) is 1. The van der Waals surface area contributed by atoms with E-state index < -0.39 is 32.4 Å². The molecule has 190 valence electrons. The highest BCUT2D eigenvalue weighted by Crippen LogP contribution is 2.35. The van der Waals surface area contributed by atoms with Gasteiger partial charge in [0.25, 0.3) is 0 Å². The van der Waals surface area contributed by atoms with Gasteiger partial charge >= 0.3 is 12.1 Å². The molecule has 2 aliphatic heterocycles. The van der Waals surface area contributed by atoms with E-state index >= 15 is 0 Å². The Balaban J connectivity index is 1.53. The molecule has 0 aliphatic carbocycles. The summed E-state index contributed by atoms with van der Waals surface area (Å²) in [5, 5.41) is 9.95. The molecule has 4 rings (SSSR count). The van der Waals surface area contributed by atoms with Crippen LogP contribution < -0.4 is 4.90 Å². The van der Waals surface area contributed by atoms with Crippen LogP contribution in [0.4, 0.5) is 19.7 Å². The van der Waals surface area contributed by atoms with Gasteiger partial charge in [0.05, 0.1) is 23.8 Å². The fraction of sp³-hybridized carbons (Fsp3) is 0.542. The second kappa shape index (κ2) is 9.98. The van der Waals surface area contributed by atoms with E-state index in [9.17, 15) is 23.9 Å². The van der Waals surface area contributed by atoms with Crippen molar-refractivity contribution in [2.45, 2.75) is 50.7 Å². The summed E-state index contributed by atoms with van der Waals surface area (Å²) in [5.41, 5.74) is 1.42. The lowest BCUT2D eigenvalue weighted by Crippen LogP contribution is -2.53. The fourth-order valence-electron chi connectivity index (χ4n) is 4.65. The summed E-state index contributed by atoms with van der Waals surface area (Å²) >= 11 is 0. The van der Waals surface area contributed by atoms with Crippen molar-refractivity contribution in [3.8, 4) is 0 Å². The third-order valence-corrected chi connectivity index (χ3v) is 8.40. The molecule has 1 aromatic carbocycles. The van der Waals surface area contributed by atoms with Crippen molar-refractivity contribution in [3.05, 3.63) is 30.5 Å². The van der Waals surface area contributed by atoms with Gasteiger partial charge in [0.1, 0.15) is 12.9 Å². The van der Waals surface area contributed by atoms with E-state index in [1.165, 1.54) is 0 Å². The maximum Gasteiger partial charge on any atom is 0.407 e. The molecule has 1 N–H and O–H groups in total. The first kappa shape index (κ1) is 25.2. The van der Waals surface area contributed by atoms with Crippen LogP contribution >= 0.6 is 0 Å². The van der Waals surface area contributed by atoms with Crippen LogP contribution in [0.3, 0.4) is 0 Å². The predicted octanol–water partition coefficient (Wildman–Crippen LogP) is 4.38. The molecule has 2 atom stereocenters. The first-order valence-corrected chi connectivity index (χ1v) is 15.7. The van der Waals surface area contributed by atoms with Crippen LogP contribution in [0.15, 0.2) is 30.5 Å². The number of carbonyl (C=O) groups excluding carboxylic acids is 2. The van der Waals surface area contributed by atoms with Crippen LogP contribution in [0.5, 0.6) is 0 Å². The Hall–Kier alpha value is -2.92. The zero-order valence-corrected chi connectivity index (χ0v) is 21.4. The standard InChI is InChI=1S/C24H33FN4O5Si/c1-35(2,3)14-13-34-16-29-22(30)9-12-28(23(29)31)20-6-4-5-19-17(20)7-11-27(19)21-8-10-26(24(32)33)15-18(21)25/h4-7,11,18,21H,8-10,12-16H2,1-3H3,(H,32,33). The van der Waals surface area contributed by atoms with Crippen molar-refractivity contribution in [2.75, 3.05) is 37.9 Å². The molecule has 4 amide bonds. The predicted molar refractivity (Wildman–Crippen MR) is 133 cm³/mol. The van der Waals surface area contributed by atoms with Gasteiger partial charge in [-0.25, -0.2) is 18.9 Å².